The minimum Gasteiger partial charge on any atom is -0.251 e. The average molecular weight is 148 g/mol. The Morgan fingerprint density at radius 3 is 2.88 bits per heavy atom. The van der Waals surface area contributed by atoms with Crippen LogP contribution < -0.4 is 0 Å². The minimum absolute atomic E-state index is 0.220. The maximum Gasteiger partial charge on any atom is 0.218 e. The Labute approximate surface area is 55.7 Å². The molecule has 0 saturated heterocycles. The van der Waals surface area contributed by atoms with Crippen LogP contribution in [-0.2, 0) is 0 Å². The average Bonchev–Trinajstić information content (AvgIpc) is 1.64. The maximum absolute atomic E-state index is 5.35. The molecule has 1 aromatic heterocycles. The third-order valence-electron chi connectivity index (χ3n) is 0.540. The van der Waals surface area contributed by atoms with E-state index in [1.807, 2.05) is 0 Å². The van der Waals surface area contributed by atoms with E-state index in [0.717, 1.165) is 0 Å². The van der Waals surface area contributed by atoms with Crippen LogP contribution in [0.15, 0.2) is 6.20 Å². The van der Waals surface area contributed by atoms with E-state index in [-0.39, 0.29) is 5.28 Å². The molecule has 0 aliphatic rings. The van der Waals surface area contributed by atoms with E-state index in [0.29, 0.717) is 4.64 Å². The van der Waals surface area contributed by atoms with Gasteiger partial charge >= 0.3 is 0 Å². The maximum atomic E-state index is 5.35. The Morgan fingerprint density at radius 2 is 2.50 bits per heavy atom. The largest absolute Gasteiger partial charge is 0.251 e. The Bertz CT molecular complexity index is 232. The van der Waals surface area contributed by atoms with Crippen molar-refractivity contribution in [2.24, 2.45) is 0 Å². The smallest absolute Gasteiger partial charge is 0.218 e. The molecular weight excluding hydrogens is 146 g/mol. The molecule has 42 valence electrons. The van der Waals surface area contributed by atoms with Crippen molar-refractivity contribution in [3.8, 4) is 0 Å². The van der Waals surface area contributed by atoms with E-state index in [9.17, 15) is 0 Å². The first-order valence-corrected chi connectivity index (χ1v) is 2.65. The van der Waals surface area contributed by atoms with Gasteiger partial charge in [0.25, 0.3) is 0 Å². The molecule has 0 amide bonds. The zero-order valence-corrected chi connectivity index (χ0v) is 5.33. The first kappa shape index (κ1) is 5.65. The monoisotopic (exact) mass is 147 g/mol. The van der Waals surface area contributed by atoms with Gasteiger partial charge in [0, 0.05) is 0 Å². The highest BCUT2D eigenvalue weighted by molar-refractivity contribution is 7.71. The predicted octanol–water partition coefficient (Wildman–Crippen LogP) is 1.19. The van der Waals surface area contributed by atoms with Gasteiger partial charge in [-0.1, -0.05) is 12.2 Å². The van der Waals surface area contributed by atoms with E-state index in [1.54, 1.807) is 0 Å². The lowest BCUT2D eigenvalue weighted by Gasteiger charge is -1.82. The number of hydrogen-bond acceptors (Lipinski definition) is 3. The SMILES string of the molecule is S=c1cn[nH]c(Cl)n1. The second-order valence-corrected chi connectivity index (χ2v) is 1.89. The Balaban J connectivity index is 3.28. The van der Waals surface area contributed by atoms with Gasteiger partial charge in [0.15, 0.2) is 0 Å². The van der Waals surface area contributed by atoms with Crippen molar-refractivity contribution in [2.75, 3.05) is 0 Å². The summed E-state index contributed by atoms with van der Waals surface area (Å²) in [6.07, 6.45) is 1.42. The minimum atomic E-state index is 0.220. The van der Waals surface area contributed by atoms with Gasteiger partial charge in [-0.05, 0) is 11.6 Å². The molecule has 1 N–H and O–H groups in total. The summed E-state index contributed by atoms with van der Waals surface area (Å²) in [5.74, 6) is 0. The summed E-state index contributed by atoms with van der Waals surface area (Å²) in [6.45, 7) is 0. The predicted molar refractivity (Wildman–Crippen MR) is 32.2 cm³/mol. The summed E-state index contributed by atoms with van der Waals surface area (Å²) in [5.41, 5.74) is 0. The van der Waals surface area contributed by atoms with Crippen LogP contribution in [0.5, 0.6) is 0 Å². The molecule has 0 fully saturated rings. The highest BCUT2D eigenvalue weighted by atomic mass is 35.5. The fourth-order valence-corrected chi connectivity index (χ4v) is 0.625. The highest BCUT2D eigenvalue weighted by Gasteiger charge is 1.82. The van der Waals surface area contributed by atoms with E-state index < -0.39 is 0 Å². The van der Waals surface area contributed by atoms with Crippen LogP contribution in [0.2, 0.25) is 5.28 Å². The van der Waals surface area contributed by atoms with E-state index in [1.165, 1.54) is 6.20 Å². The molecule has 0 atom stereocenters. The zero-order chi connectivity index (χ0) is 5.98. The molecule has 0 aromatic carbocycles. The van der Waals surface area contributed by atoms with Gasteiger partial charge in [-0.15, -0.1) is 0 Å². The molecular formula is C3H2ClN3S. The van der Waals surface area contributed by atoms with Crippen LogP contribution in [0.1, 0.15) is 0 Å². The molecule has 0 spiro atoms. The van der Waals surface area contributed by atoms with Gasteiger partial charge < -0.3 is 0 Å². The summed E-state index contributed by atoms with van der Waals surface area (Å²) >= 11 is 9.97. The van der Waals surface area contributed by atoms with Crippen molar-refractivity contribution in [1.29, 1.82) is 0 Å². The molecule has 1 heterocycles. The number of hydrogen-bond donors (Lipinski definition) is 1. The highest BCUT2D eigenvalue weighted by Crippen LogP contribution is 1.92. The quantitative estimate of drug-likeness (QED) is 0.561. The molecule has 8 heavy (non-hydrogen) atoms. The number of nitrogens with one attached hydrogen (secondary N) is 1. The van der Waals surface area contributed by atoms with Crippen LogP contribution in [0, 0.1) is 4.64 Å². The molecule has 1 rings (SSSR count). The first-order valence-electron chi connectivity index (χ1n) is 1.86. The van der Waals surface area contributed by atoms with Crippen molar-refractivity contribution in [1.82, 2.24) is 15.2 Å². The number of H-pyrrole nitrogens is 1. The summed E-state index contributed by atoms with van der Waals surface area (Å²) in [4.78, 5) is 3.64. The van der Waals surface area contributed by atoms with Crippen LogP contribution in [-0.4, -0.2) is 15.2 Å². The topological polar surface area (TPSA) is 41.6 Å². The molecule has 0 aliphatic heterocycles. The Kier molecular flexibility index (Phi) is 1.55. The van der Waals surface area contributed by atoms with Gasteiger partial charge in [-0.25, -0.2) is 4.98 Å². The fraction of sp³-hybridized carbons (Fsp3) is 0. The lowest BCUT2D eigenvalue weighted by molar-refractivity contribution is 0.961. The summed E-state index contributed by atoms with van der Waals surface area (Å²) in [6, 6.07) is 0. The van der Waals surface area contributed by atoms with Crippen LogP contribution in [0.25, 0.3) is 0 Å². The second kappa shape index (κ2) is 2.19. The number of aromatic amines is 1. The second-order valence-electron chi connectivity index (χ2n) is 1.11. The number of nitrogens with zero attached hydrogens (tertiary/aromatic N) is 2. The van der Waals surface area contributed by atoms with Gasteiger partial charge in [0.2, 0.25) is 5.28 Å². The molecule has 0 aliphatic carbocycles. The zero-order valence-electron chi connectivity index (χ0n) is 3.76. The van der Waals surface area contributed by atoms with Crippen molar-refractivity contribution in [2.45, 2.75) is 0 Å². The standard InChI is InChI=1S/C3H2ClN3S/c4-3-6-2(8)1-5-7-3/h1H,(H,6,7,8). The summed E-state index contributed by atoms with van der Waals surface area (Å²) < 4.78 is 0.397. The van der Waals surface area contributed by atoms with Crippen molar-refractivity contribution >= 4 is 23.8 Å². The van der Waals surface area contributed by atoms with Crippen LogP contribution >= 0.6 is 23.8 Å². The third kappa shape index (κ3) is 1.24. The molecule has 0 saturated carbocycles. The van der Waals surface area contributed by atoms with Crippen molar-refractivity contribution < 1.29 is 0 Å². The normalized spacial score (nSPS) is 9.12. The van der Waals surface area contributed by atoms with Crippen LogP contribution in [0.3, 0.4) is 0 Å². The Morgan fingerprint density at radius 1 is 1.75 bits per heavy atom. The van der Waals surface area contributed by atoms with E-state index >= 15 is 0 Å². The lowest BCUT2D eigenvalue weighted by Crippen LogP contribution is -1.83. The van der Waals surface area contributed by atoms with E-state index in [4.69, 9.17) is 11.6 Å². The molecule has 5 heteroatoms. The molecule has 0 unspecified atom stereocenters. The fourth-order valence-electron chi connectivity index (χ4n) is 0.291. The molecule has 0 radical (unpaired) electrons. The summed E-state index contributed by atoms with van der Waals surface area (Å²) in [5, 5.41) is 6.19. The summed E-state index contributed by atoms with van der Waals surface area (Å²) in [7, 11) is 0. The Hall–Kier alpha value is -0.480. The van der Waals surface area contributed by atoms with Crippen molar-refractivity contribution in [3.63, 3.8) is 0 Å². The number of aromatic nitrogens is 3. The van der Waals surface area contributed by atoms with E-state index in [2.05, 4.69) is 27.4 Å². The van der Waals surface area contributed by atoms with Gasteiger partial charge in [-0.2, -0.15) is 5.10 Å². The van der Waals surface area contributed by atoms with Crippen LogP contribution in [0.4, 0.5) is 0 Å². The molecule has 1 aromatic rings. The number of rotatable bonds is 0. The van der Waals surface area contributed by atoms with Gasteiger partial charge in [0.05, 0.1) is 6.20 Å². The molecule has 3 nitrogen and oxygen atoms in total. The first-order chi connectivity index (χ1) is 3.79. The van der Waals surface area contributed by atoms with Gasteiger partial charge in [0.1, 0.15) is 4.64 Å². The number of halogens is 1. The third-order valence-corrected chi connectivity index (χ3v) is 0.906. The van der Waals surface area contributed by atoms with Gasteiger partial charge in [-0.3, -0.25) is 5.10 Å². The lowest BCUT2D eigenvalue weighted by atomic mass is 10.9. The molecule has 0 bridgehead atoms. The van der Waals surface area contributed by atoms with Crippen molar-refractivity contribution in [3.05, 3.63) is 16.1 Å².